The number of nitrogens with zero attached hydrogens (tertiary/aromatic N) is 3. The Morgan fingerprint density at radius 2 is 2.10 bits per heavy atom. The van der Waals surface area contributed by atoms with Crippen LogP contribution in [-0.4, -0.2) is 48.6 Å². The lowest BCUT2D eigenvalue weighted by Gasteiger charge is -2.13. The van der Waals surface area contributed by atoms with Crippen LogP contribution in [0.2, 0.25) is 5.15 Å². The van der Waals surface area contributed by atoms with Gasteiger partial charge >= 0.3 is 0 Å². The van der Waals surface area contributed by atoms with E-state index in [2.05, 4.69) is 43.0 Å². The summed E-state index contributed by atoms with van der Waals surface area (Å²) in [5.74, 6) is 1.11. The smallest absolute Gasteiger partial charge is 0.280 e. The molecule has 1 unspecified atom stereocenters. The molecule has 2 heterocycles. The molecule has 0 fully saturated rings. The number of nitrogens with two attached hydrogens (primary N) is 1. The van der Waals surface area contributed by atoms with Crippen LogP contribution in [-0.2, 0) is 6.42 Å². The number of guanidine groups is 1. The molecular weight excluding hydrogens is 394 g/mol. The van der Waals surface area contributed by atoms with E-state index in [1.807, 2.05) is 12.1 Å². The fraction of sp³-hybridized carbons (Fsp3) is 0.368. The summed E-state index contributed by atoms with van der Waals surface area (Å²) in [5.41, 5.74) is 6.95. The molecule has 154 valence electrons. The number of nitrogen functional groups attached to an aromatic ring is 1. The highest BCUT2D eigenvalue weighted by atomic mass is 35.5. The minimum absolute atomic E-state index is 0.0214. The number of hydrogen-bond donors (Lipinski definition) is 4. The molecule has 0 radical (unpaired) electrons. The zero-order valence-corrected chi connectivity index (χ0v) is 17.1. The number of methoxy groups -OCH3 is 1. The Morgan fingerprint density at radius 1 is 1.34 bits per heavy atom. The van der Waals surface area contributed by atoms with E-state index in [1.54, 1.807) is 14.2 Å². The summed E-state index contributed by atoms with van der Waals surface area (Å²) in [6.45, 7) is 0.602. The predicted molar refractivity (Wildman–Crippen MR) is 114 cm³/mol. The summed E-state index contributed by atoms with van der Waals surface area (Å²) >= 11 is 5.89. The third-order valence-corrected chi connectivity index (χ3v) is 4.83. The van der Waals surface area contributed by atoms with Gasteiger partial charge in [0.15, 0.2) is 28.4 Å². The second-order valence-corrected chi connectivity index (χ2v) is 6.93. The molecule has 1 aliphatic heterocycles. The van der Waals surface area contributed by atoms with Gasteiger partial charge in [-0.05, 0) is 37.0 Å². The average molecular weight is 418 g/mol. The van der Waals surface area contributed by atoms with Gasteiger partial charge in [-0.15, -0.1) is 0 Å². The highest BCUT2D eigenvalue weighted by Crippen LogP contribution is 2.19. The summed E-state index contributed by atoms with van der Waals surface area (Å²) in [6.07, 6.45) is 2.91. The number of carbonyl (C=O) groups excluding carboxylic acids is 1. The summed E-state index contributed by atoms with van der Waals surface area (Å²) in [5, 5.41) is 8.71. The van der Waals surface area contributed by atoms with Crippen LogP contribution in [0.5, 0.6) is 5.75 Å². The van der Waals surface area contributed by atoms with E-state index in [9.17, 15) is 4.79 Å². The second-order valence-electron chi connectivity index (χ2n) is 6.57. The van der Waals surface area contributed by atoms with Gasteiger partial charge in [0.25, 0.3) is 5.91 Å². The minimum atomic E-state index is -0.464. The molecule has 0 saturated carbocycles. The number of aliphatic imine (C=N–C) groups is 1. The summed E-state index contributed by atoms with van der Waals surface area (Å²) in [7, 11) is 3.28. The van der Waals surface area contributed by atoms with E-state index in [1.165, 1.54) is 5.56 Å². The first-order valence-electron chi connectivity index (χ1n) is 9.26. The quantitative estimate of drug-likeness (QED) is 0.541. The van der Waals surface area contributed by atoms with Crippen LogP contribution in [0, 0.1) is 0 Å². The van der Waals surface area contributed by atoms with Crippen LogP contribution in [0.1, 0.15) is 28.9 Å². The first-order chi connectivity index (χ1) is 14.0. The number of nitrogens with one attached hydrogen (secondary N) is 3. The van der Waals surface area contributed by atoms with Gasteiger partial charge < -0.3 is 21.1 Å². The maximum Gasteiger partial charge on any atom is 0.280 e. The van der Waals surface area contributed by atoms with E-state index >= 15 is 0 Å². The molecule has 1 amide bonds. The van der Waals surface area contributed by atoms with Crippen LogP contribution >= 0.6 is 11.6 Å². The SMILES string of the molecule is CNc1nc(N)c(Cl)nc1C(=O)NC1=NCC(CCCc2ccc(OC)cc2)N1. The molecule has 29 heavy (non-hydrogen) atoms. The Hall–Kier alpha value is -3.07. The van der Waals surface area contributed by atoms with Crippen LogP contribution in [0.3, 0.4) is 0 Å². The number of hydrogen-bond acceptors (Lipinski definition) is 8. The Morgan fingerprint density at radius 3 is 2.79 bits per heavy atom. The first kappa shape index (κ1) is 20.7. The summed E-state index contributed by atoms with van der Waals surface area (Å²) in [4.78, 5) is 24.9. The van der Waals surface area contributed by atoms with Crippen molar-refractivity contribution in [3.8, 4) is 5.75 Å². The second kappa shape index (κ2) is 9.42. The van der Waals surface area contributed by atoms with Crippen molar-refractivity contribution in [1.29, 1.82) is 0 Å². The number of anilines is 2. The number of aromatic nitrogens is 2. The van der Waals surface area contributed by atoms with Gasteiger partial charge in [0.2, 0.25) is 0 Å². The molecule has 1 aliphatic rings. The molecule has 9 nitrogen and oxygen atoms in total. The van der Waals surface area contributed by atoms with Crippen LogP contribution in [0.4, 0.5) is 11.6 Å². The van der Waals surface area contributed by atoms with Gasteiger partial charge in [0, 0.05) is 13.1 Å². The van der Waals surface area contributed by atoms with Crippen molar-refractivity contribution in [2.45, 2.75) is 25.3 Å². The zero-order valence-electron chi connectivity index (χ0n) is 16.3. The third kappa shape index (κ3) is 5.26. The van der Waals surface area contributed by atoms with E-state index < -0.39 is 5.91 Å². The normalized spacial score (nSPS) is 15.4. The van der Waals surface area contributed by atoms with Gasteiger partial charge in [-0.2, -0.15) is 0 Å². The lowest BCUT2D eigenvalue weighted by atomic mass is 10.0. The molecule has 0 aliphatic carbocycles. The molecule has 1 aromatic carbocycles. The molecule has 10 heteroatoms. The number of benzene rings is 1. The molecule has 0 saturated heterocycles. The van der Waals surface area contributed by atoms with Crippen LogP contribution in [0.25, 0.3) is 0 Å². The molecule has 5 N–H and O–H groups in total. The minimum Gasteiger partial charge on any atom is -0.497 e. The first-order valence-corrected chi connectivity index (χ1v) is 9.64. The highest BCUT2D eigenvalue weighted by Gasteiger charge is 2.22. The van der Waals surface area contributed by atoms with Crippen molar-refractivity contribution in [3.63, 3.8) is 0 Å². The third-order valence-electron chi connectivity index (χ3n) is 4.55. The van der Waals surface area contributed by atoms with Crippen molar-refractivity contribution in [1.82, 2.24) is 20.6 Å². The van der Waals surface area contributed by atoms with E-state index in [4.69, 9.17) is 22.1 Å². The predicted octanol–water partition coefficient (Wildman–Crippen LogP) is 1.84. The Balaban J connectivity index is 1.48. The van der Waals surface area contributed by atoms with Gasteiger partial charge in [0.1, 0.15) is 5.75 Å². The maximum atomic E-state index is 12.5. The monoisotopic (exact) mass is 417 g/mol. The summed E-state index contributed by atoms with van der Waals surface area (Å²) in [6, 6.07) is 8.24. The van der Waals surface area contributed by atoms with Crippen molar-refractivity contribution in [2.75, 3.05) is 31.8 Å². The van der Waals surface area contributed by atoms with Gasteiger partial charge in [0.05, 0.1) is 13.7 Å². The van der Waals surface area contributed by atoms with Crippen LogP contribution < -0.4 is 26.4 Å². The highest BCUT2D eigenvalue weighted by molar-refractivity contribution is 6.31. The zero-order chi connectivity index (χ0) is 20.8. The molecule has 1 atom stereocenters. The topological polar surface area (TPSA) is 127 Å². The summed E-state index contributed by atoms with van der Waals surface area (Å²) < 4.78 is 5.17. The van der Waals surface area contributed by atoms with Gasteiger partial charge in [-0.3, -0.25) is 15.1 Å². The average Bonchev–Trinajstić information content (AvgIpc) is 3.17. The van der Waals surface area contributed by atoms with Gasteiger partial charge in [-0.25, -0.2) is 9.97 Å². The number of carbonyl (C=O) groups is 1. The number of rotatable bonds is 7. The molecular formula is C19H24ClN7O2. The van der Waals surface area contributed by atoms with Crippen LogP contribution in [0.15, 0.2) is 29.3 Å². The molecule has 2 aromatic rings. The Labute approximate surface area is 174 Å². The number of aryl methyl sites for hydroxylation is 1. The molecule has 3 rings (SSSR count). The van der Waals surface area contributed by atoms with E-state index in [-0.39, 0.29) is 28.5 Å². The van der Waals surface area contributed by atoms with Gasteiger partial charge in [-0.1, -0.05) is 23.7 Å². The fourth-order valence-corrected chi connectivity index (χ4v) is 3.12. The molecule has 0 bridgehead atoms. The van der Waals surface area contributed by atoms with E-state index in [0.29, 0.717) is 12.5 Å². The number of halogens is 1. The Kier molecular flexibility index (Phi) is 6.71. The van der Waals surface area contributed by atoms with E-state index in [0.717, 1.165) is 25.0 Å². The lowest BCUT2D eigenvalue weighted by Crippen LogP contribution is -2.42. The standard InChI is InChI=1S/C19H24ClN7O2/c1-22-17-14(25-15(20)16(21)26-17)18(28)27-19-23-10-12(24-19)5-3-4-11-6-8-13(29-2)9-7-11/h6-9,12H,3-5,10H2,1-2H3,(H3,21,22,26)(H2,23,24,27,28). The number of ether oxygens (including phenoxy) is 1. The maximum absolute atomic E-state index is 12.5. The molecule has 0 spiro atoms. The van der Waals surface area contributed by atoms with Crippen molar-refractivity contribution >= 4 is 35.1 Å². The fourth-order valence-electron chi connectivity index (χ4n) is 3.00. The van der Waals surface area contributed by atoms with Crippen molar-refractivity contribution in [3.05, 3.63) is 40.7 Å². The largest absolute Gasteiger partial charge is 0.497 e. The lowest BCUT2D eigenvalue weighted by molar-refractivity contribution is 0.0972. The van der Waals surface area contributed by atoms with Crippen molar-refractivity contribution in [2.24, 2.45) is 4.99 Å². The Bertz CT molecular complexity index is 902. The van der Waals surface area contributed by atoms with Crippen molar-refractivity contribution < 1.29 is 9.53 Å². The molecule has 1 aromatic heterocycles. The number of amides is 1.